The predicted octanol–water partition coefficient (Wildman–Crippen LogP) is 2.47. The summed E-state index contributed by atoms with van der Waals surface area (Å²) in [5.74, 6) is 0.0292. The highest BCUT2D eigenvalue weighted by atomic mass is 19.1. The van der Waals surface area contributed by atoms with Crippen LogP contribution in [0.1, 0.15) is 18.5 Å². The Morgan fingerprint density at radius 3 is 2.80 bits per heavy atom. The monoisotopic (exact) mass is 276 g/mol. The summed E-state index contributed by atoms with van der Waals surface area (Å²) in [6.45, 7) is 4.24. The molecule has 0 bridgehead atoms. The van der Waals surface area contributed by atoms with E-state index in [0.717, 1.165) is 0 Å². The maximum absolute atomic E-state index is 14.3. The number of pyridine rings is 1. The molecular weight excluding hydrogens is 259 g/mol. The van der Waals surface area contributed by atoms with E-state index in [4.69, 9.17) is 4.74 Å². The van der Waals surface area contributed by atoms with Crippen molar-refractivity contribution in [3.05, 3.63) is 33.9 Å². The molecule has 0 saturated heterocycles. The van der Waals surface area contributed by atoms with Gasteiger partial charge in [-0.05, 0) is 19.9 Å². The molecule has 0 spiro atoms. The molecule has 0 amide bonds. The Bertz CT molecular complexity index is 765. The zero-order valence-electron chi connectivity index (χ0n) is 12.0. The van der Waals surface area contributed by atoms with Gasteiger partial charge in [-0.15, -0.1) is 0 Å². The summed E-state index contributed by atoms with van der Waals surface area (Å²) in [7, 11) is 3.53. The quantitative estimate of drug-likeness (QED) is 0.802. The summed E-state index contributed by atoms with van der Waals surface area (Å²) < 4.78 is 22.1. The van der Waals surface area contributed by atoms with Gasteiger partial charge in [-0.2, -0.15) is 0 Å². The van der Waals surface area contributed by atoms with Crippen LogP contribution in [0.4, 0.5) is 10.1 Å². The summed E-state index contributed by atoms with van der Waals surface area (Å²) in [6.07, 6.45) is 1.83. The van der Waals surface area contributed by atoms with E-state index in [9.17, 15) is 9.18 Å². The van der Waals surface area contributed by atoms with E-state index in [-0.39, 0.29) is 11.5 Å². The Kier molecular flexibility index (Phi) is 2.74. The molecule has 0 fully saturated rings. The van der Waals surface area contributed by atoms with Crippen molar-refractivity contribution in [2.45, 2.75) is 19.9 Å². The second-order valence-corrected chi connectivity index (χ2v) is 5.54. The first-order valence-electron chi connectivity index (χ1n) is 6.60. The first-order valence-corrected chi connectivity index (χ1v) is 6.60. The molecule has 1 aromatic carbocycles. The molecule has 106 valence electrons. The molecule has 1 unspecified atom stereocenters. The molecule has 20 heavy (non-hydrogen) atoms. The van der Waals surface area contributed by atoms with Crippen LogP contribution in [0.2, 0.25) is 0 Å². The topological polar surface area (TPSA) is 34.5 Å². The number of halogens is 1. The third kappa shape index (κ3) is 1.62. The third-order valence-corrected chi connectivity index (χ3v) is 3.77. The normalized spacial score (nSPS) is 17.1. The highest BCUT2D eigenvalue weighted by Gasteiger charge is 2.26. The Balaban J connectivity index is 2.55. The van der Waals surface area contributed by atoms with E-state index >= 15 is 0 Å². The molecular formula is C15H17FN2O2. The smallest absolute Gasteiger partial charge is 0.192 e. The van der Waals surface area contributed by atoms with Crippen LogP contribution in [0.25, 0.3) is 10.9 Å². The zero-order chi connectivity index (χ0) is 14.6. The summed E-state index contributed by atoms with van der Waals surface area (Å²) in [5.41, 5.74) is 1.56. The molecule has 1 aromatic heterocycles. The van der Waals surface area contributed by atoms with E-state index in [1.807, 2.05) is 17.7 Å². The fourth-order valence-corrected chi connectivity index (χ4v) is 2.77. The van der Waals surface area contributed by atoms with Gasteiger partial charge in [0.1, 0.15) is 12.3 Å². The second-order valence-electron chi connectivity index (χ2n) is 5.54. The fourth-order valence-electron chi connectivity index (χ4n) is 2.77. The molecule has 0 aliphatic carbocycles. The van der Waals surface area contributed by atoms with Gasteiger partial charge in [0.25, 0.3) is 0 Å². The Morgan fingerprint density at radius 2 is 2.15 bits per heavy atom. The lowest BCUT2D eigenvalue weighted by atomic mass is 10.1. The van der Waals surface area contributed by atoms with Gasteiger partial charge in [-0.1, -0.05) is 0 Å². The minimum absolute atomic E-state index is 0.116. The maximum atomic E-state index is 14.3. The fraction of sp³-hybridized carbons (Fsp3) is 0.400. The molecule has 1 aliphatic heterocycles. The van der Waals surface area contributed by atoms with Crippen molar-refractivity contribution < 1.29 is 9.13 Å². The van der Waals surface area contributed by atoms with Crippen molar-refractivity contribution in [3.63, 3.8) is 0 Å². The largest absolute Gasteiger partial charge is 0.487 e. The molecule has 4 nitrogen and oxygen atoms in total. The van der Waals surface area contributed by atoms with Crippen LogP contribution < -0.4 is 15.1 Å². The minimum atomic E-state index is -0.429. The van der Waals surface area contributed by atoms with Crippen molar-refractivity contribution >= 4 is 16.6 Å². The first-order chi connectivity index (χ1) is 9.41. The summed E-state index contributed by atoms with van der Waals surface area (Å²) >= 11 is 0. The number of hydrogen-bond acceptors (Lipinski definition) is 3. The molecule has 0 radical (unpaired) electrons. The average molecular weight is 276 g/mol. The van der Waals surface area contributed by atoms with Gasteiger partial charge in [-0.25, -0.2) is 4.39 Å². The van der Waals surface area contributed by atoms with Crippen LogP contribution in [-0.4, -0.2) is 25.3 Å². The number of nitrogens with zero attached hydrogens (tertiary/aromatic N) is 2. The van der Waals surface area contributed by atoms with Crippen LogP contribution in [0.15, 0.2) is 17.1 Å². The Morgan fingerprint density at radius 1 is 1.45 bits per heavy atom. The lowest BCUT2D eigenvalue weighted by Crippen LogP contribution is -2.26. The van der Waals surface area contributed by atoms with Crippen LogP contribution in [0.5, 0.6) is 5.75 Å². The minimum Gasteiger partial charge on any atom is -0.487 e. The zero-order valence-corrected chi connectivity index (χ0v) is 12.0. The summed E-state index contributed by atoms with van der Waals surface area (Å²) in [4.78, 5) is 13.9. The van der Waals surface area contributed by atoms with Gasteiger partial charge in [0.2, 0.25) is 0 Å². The molecule has 1 atom stereocenters. The van der Waals surface area contributed by atoms with Crippen molar-refractivity contribution in [2.75, 3.05) is 25.6 Å². The summed E-state index contributed by atoms with van der Waals surface area (Å²) in [5, 5.41) is 0.384. The van der Waals surface area contributed by atoms with E-state index in [1.165, 1.54) is 6.07 Å². The molecule has 1 aliphatic rings. The van der Waals surface area contributed by atoms with Crippen molar-refractivity contribution in [3.8, 4) is 5.75 Å². The number of aryl methyl sites for hydroxylation is 1. The van der Waals surface area contributed by atoms with E-state index < -0.39 is 5.82 Å². The number of benzene rings is 1. The van der Waals surface area contributed by atoms with Crippen molar-refractivity contribution in [2.24, 2.45) is 0 Å². The van der Waals surface area contributed by atoms with E-state index in [1.54, 1.807) is 25.9 Å². The highest BCUT2D eigenvalue weighted by Crippen LogP contribution is 2.40. The van der Waals surface area contributed by atoms with E-state index in [2.05, 4.69) is 0 Å². The lowest BCUT2D eigenvalue weighted by Gasteiger charge is -2.30. The third-order valence-electron chi connectivity index (χ3n) is 3.77. The number of aromatic nitrogens is 1. The van der Waals surface area contributed by atoms with Crippen LogP contribution in [0.3, 0.4) is 0 Å². The van der Waals surface area contributed by atoms with Crippen LogP contribution >= 0.6 is 0 Å². The van der Waals surface area contributed by atoms with Gasteiger partial charge < -0.3 is 14.2 Å². The van der Waals surface area contributed by atoms with E-state index in [0.29, 0.717) is 34.5 Å². The predicted molar refractivity (Wildman–Crippen MR) is 77.4 cm³/mol. The van der Waals surface area contributed by atoms with Gasteiger partial charge in [0.15, 0.2) is 17.0 Å². The molecule has 0 saturated carbocycles. The Hall–Kier alpha value is -2.04. The van der Waals surface area contributed by atoms with Crippen molar-refractivity contribution in [1.29, 1.82) is 0 Å². The second kappa shape index (κ2) is 4.23. The van der Waals surface area contributed by atoms with Gasteiger partial charge >= 0.3 is 0 Å². The average Bonchev–Trinajstić information content (AvgIpc) is 2.38. The number of rotatable bonds is 1. The number of anilines is 1. The highest BCUT2D eigenvalue weighted by molar-refractivity contribution is 5.92. The van der Waals surface area contributed by atoms with Crippen LogP contribution in [-0.2, 0) is 0 Å². The molecule has 0 N–H and O–H groups in total. The van der Waals surface area contributed by atoms with Gasteiger partial charge in [-0.3, -0.25) is 4.79 Å². The Labute approximate surface area is 116 Å². The molecule has 5 heteroatoms. The van der Waals surface area contributed by atoms with Gasteiger partial charge in [0.05, 0.1) is 16.9 Å². The van der Waals surface area contributed by atoms with Gasteiger partial charge in [0, 0.05) is 25.9 Å². The number of hydrogen-bond donors (Lipinski definition) is 0. The summed E-state index contributed by atoms with van der Waals surface area (Å²) in [6, 6.07) is 1.44. The van der Waals surface area contributed by atoms with Crippen LogP contribution in [0, 0.1) is 12.7 Å². The maximum Gasteiger partial charge on any atom is 0.192 e. The molecule has 2 aromatic rings. The first kappa shape index (κ1) is 13.0. The molecule has 2 heterocycles. The lowest BCUT2D eigenvalue weighted by molar-refractivity contribution is 0.247. The van der Waals surface area contributed by atoms with Crippen molar-refractivity contribution in [1.82, 2.24) is 4.57 Å². The number of ether oxygens (including phenoxy) is 1. The molecule has 3 rings (SSSR count). The standard InChI is InChI=1S/C15H17FN2O2/c1-8-6-18-9(2)7-20-15-12(18)10(14(8)19)5-11(16)13(15)17(3)4/h5-6,9H,7H2,1-4H3. The SMILES string of the molecule is Cc1cn2c3c(c(N(C)C)c(F)cc3c1=O)OCC2C.